The predicted molar refractivity (Wildman–Crippen MR) is 67.2 cm³/mol. The fourth-order valence-electron chi connectivity index (χ4n) is 1.39. The number of hydrogen-bond acceptors (Lipinski definition) is 4. The second kappa shape index (κ2) is 6.39. The van der Waals surface area contributed by atoms with Crippen LogP contribution in [0, 0.1) is 0 Å². The standard InChI is InChI=1S/C12H14N2O5/c1-14(12(18)13-7-10(15)19-2)9-6-4-3-5-8(9)11(16)17/h3-6H,7H2,1-2H3,(H,13,18)(H,16,17). The Morgan fingerprint density at radius 1 is 1.32 bits per heavy atom. The Labute approximate surface area is 109 Å². The van der Waals surface area contributed by atoms with Crippen molar-refractivity contribution in [2.45, 2.75) is 0 Å². The van der Waals surface area contributed by atoms with Crippen LogP contribution in [0.1, 0.15) is 10.4 Å². The molecule has 0 aliphatic heterocycles. The largest absolute Gasteiger partial charge is 0.478 e. The predicted octanol–water partition coefficient (Wildman–Crippen LogP) is 0.704. The van der Waals surface area contributed by atoms with Gasteiger partial charge in [-0.15, -0.1) is 0 Å². The number of carboxylic acid groups (broad SMARTS) is 1. The average molecular weight is 266 g/mol. The molecule has 0 saturated carbocycles. The van der Waals surface area contributed by atoms with E-state index in [9.17, 15) is 14.4 Å². The number of esters is 1. The Bertz CT molecular complexity index is 501. The molecule has 0 bridgehead atoms. The number of rotatable bonds is 4. The van der Waals surface area contributed by atoms with Gasteiger partial charge in [0, 0.05) is 7.05 Å². The first-order valence-electron chi connectivity index (χ1n) is 5.38. The van der Waals surface area contributed by atoms with Crippen LogP contribution >= 0.6 is 0 Å². The number of benzene rings is 1. The SMILES string of the molecule is COC(=O)CNC(=O)N(C)c1ccccc1C(=O)O. The van der Waals surface area contributed by atoms with Gasteiger partial charge < -0.3 is 15.2 Å². The molecule has 2 N–H and O–H groups in total. The third-order valence-electron chi connectivity index (χ3n) is 2.41. The highest BCUT2D eigenvalue weighted by molar-refractivity contribution is 6.01. The van der Waals surface area contributed by atoms with Crippen LogP contribution in [0.4, 0.5) is 10.5 Å². The molecule has 0 atom stereocenters. The number of nitrogens with one attached hydrogen (secondary N) is 1. The van der Waals surface area contributed by atoms with E-state index in [0.717, 1.165) is 4.90 Å². The number of carbonyl (C=O) groups excluding carboxylic acids is 2. The Kier molecular flexibility index (Phi) is 4.87. The molecule has 0 aromatic heterocycles. The summed E-state index contributed by atoms with van der Waals surface area (Å²) < 4.78 is 4.38. The van der Waals surface area contributed by atoms with Crippen molar-refractivity contribution >= 4 is 23.7 Å². The lowest BCUT2D eigenvalue weighted by atomic mass is 10.1. The van der Waals surface area contributed by atoms with E-state index in [2.05, 4.69) is 10.1 Å². The van der Waals surface area contributed by atoms with Crippen molar-refractivity contribution in [1.82, 2.24) is 5.32 Å². The Morgan fingerprint density at radius 2 is 1.95 bits per heavy atom. The summed E-state index contributed by atoms with van der Waals surface area (Å²) in [4.78, 5) is 34.8. The number of methoxy groups -OCH3 is 1. The molecule has 7 nitrogen and oxygen atoms in total. The minimum Gasteiger partial charge on any atom is -0.478 e. The van der Waals surface area contributed by atoms with Crippen molar-refractivity contribution in [2.75, 3.05) is 25.6 Å². The fraction of sp³-hybridized carbons (Fsp3) is 0.250. The van der Waals surface area contributed by atoms with Crippen molar-refractivity contribution in [2.24, 2.45) is 0 Å². The minimum absolute atomic E-state index is 0.00165. The Balaban J connectivity index is 2.82. The van der Waals surface area contributed by atoms with Crippen molar-refractivity contribution in [1.29, 1.82) is 0 Å². The summed E-state index contributed by atoms with van der Waals surface area (Å²) in [5.74, 6) is -1.73. The molecule has 1 rings (SSSR count). The van der Waals surface area contributed by atoms with Crippen LogP contribution in [-0.2, 0) is 9.53 Å². The van der Waals surface area contributed by atoms with Gasteiger partial charge in [0.05, 0.1) is 18.4 Å². The first-order valence-corrected chi connectivity index (χ1v) is 5.38. The van der Waals surface area contributed by atoms with Crippen molar-refractivity contribution in [3.8, 4) is 0 Å². The number of carboxylic acids is 1. The maximum Gasteiger partial charge on any atom is 0.337 e. The lowest BCUT2D eigenvalue weighted by molar-refractivity contribution is -0.139. The number of urea groups is 1. The summed E-state index contributed by atoms with van der Waals surface area (Å²) in [7, 11) is 2.62. The van der Waals surface area contributed by atoms with E-state index in [-0.39, 0.29) is 17.8 Å². The highest BCUT2D eigenvalue weighted by Crippen LogP contribution is 2.18. The van der Waals surface area contributed by atoms with Crippen molar-refractivity contribution in [3.05, 3.63) is 29.8 Å². The summed E-state index contributed by atoms with van der Waals surface area (Å²) in [5, 5.41) is 11.3. The summed E-state index contributed by atoms with van der Waals surface area (Å²) in [5.41, 5.74) is 0.232. The zero-order valence-corrected chi connectivity index (χ0v) is 10.5. The quantitative estimate of drug-likeness (QED) is 0.782. The van der Waals surface area contributed by atoms with Crippen LogP contribution in [0.15, 0.2) is 24.3 Å². The molecule has 1 aromatic rings. The first-order chi connectivity index (χ1) is 8.97. The summed E-state index contributed by atoms with van der Waals surface area (Å²) in [6, 6.07) is 5.47. The van der Waals surface area contributed by atoms with E-state index in [4.69, 9.17) is 5.11 Å². The molecular formula is C12H14N2O5. The normalized spacial score (nSPS) is 9.58. The van der Waals surface area contributed by atoms with E-state index in [1.807, 2.05) is 0 Å². The minimum atomic E-state index is -1.14. The molecule has 0 aliphatic carbocycles. The van der Waals surface area contributed by atoms with Gasteiger partial charge in [-0.25, -0.2) is 9.59 Å². The fourth-order valence-corrected chi connectivity index (χ4v) is 1.39. The zero-order valence-electron chi connectivity index (χ0n) is 10.5. The zero-order chi connectivity index (χ0) is 14.4. The lowest BCUT2D eigenvalue weighted by Crippen LogP contribution is -2.40. The van der Waals surface area contributed by atoms with E-state index >= 15 is 0 Å². The van der Waals surface area contributed by atoms with Gasteiger partial charge in [-0.3, -0.25) is 9.69 Å². The lowest BCUT2D eigenvalue weighted by Gasteiger charge is -2.19. The number of anilines is 1. The van der Waals surface area contributed by atoms with Crippen LogP contribution < -0.4 is 10.2 Å². The van der Waals surface area contributed by atoms with E-state index < -0.39 is 18.0 Å². The van der Waals surface area contributed by atoms with Crippen LogP contribution in [-0.4, -0.2) is 43.8 Å². The number of ether oxygens (including phenoxy) is 1. The van der Waals surface area contributed by atoms with Crippen molar-refractivity contribution in [3.63, 3.8) is 0 Å². The monoisotopic (exact) mass is 266 g/mol. The van der Waals surface area contributed by atoms with Gasteiger partial charge in [0.25, 0.3) is 0 Å². The highest BCUT2D eigenvalue weighted by atomic mass is 16.5. The summed E-state index contributed by atoms with van der Waals surface area (Å²) in [6.45, 7) is -0.283. The van der Waals surface area contributed by atoms with Gasteiger partial charge in [-0.05, 0) is 12.1 Å². The van der Waals surface area contributed by atoms with Gasteiger partial charge in [0.15, 0.2) is 0 Å². The molecule has 0 aliphatic rings. The molecule has 0 spiro atoms. The van der Waals surface area contributed by atoms with Gasteiger partial charge >= 0.3 is 18.0 Å². The van der Waals surface area contributed by atoms with E-state index in [0.29, 0.717) is 0 Å². The van der Waals surface area contributed by atoms with Crippen LogP contribution in [0.3, 0.4) is 0 Å². The molecule has 0 unspecified atom stereocenters. The smallest absolute Gasteiger partial charge is 0.337 e. The van der Waals surface area contributed by atoms with Crippen LogP contribution in [0.5, 0.6) is 0 Å². The van der Waals surface area contributed by atoms with E-state index in [1.165, 1.54) is 26.3 Å². The van der Waals surface area contributed by atoms with Gasteiger partial charge in [0.2, 0.25) is 0 Å². The Morgan fingerprint density at radius 3 is 2.53 bits per heavy atom. The molecule has 1 aromatic carbocycles. The molecule has 0 heterocycles. The van der Waals surface area contributed by atoms with Crippen molar-refractivity contribution < 1.29 is 24.2 Å². The third-order valence-corrected chi connectivity index (χ3v) is 2.41. The molecule has 7 heteroatoms. The molecule has 102 valence electrons. The van der Waals surface area contributed by atoms with Gasteiger partial charge in [-0.1, -0.05) is 12.1 Å². The molecular weight excluding hydrogens is 252 g/mol. The Hall–Kier alpha value is -2.57. The maximum absolute atomic E-state index is 11.8. The number of hydrogen-bond donors (Lipinski definition) is 2. The summed E-state index contributed by atoms with van der Waals surface area (Å²) in [6.07, 6.45) is 0. The molecule has 2 amide bonds. The average Bonchev–Trinajstić information content (AvgIpc) is 2.43. The second-order valence-electron chi connectivity index (χ2n) is 3.62. The van der Waals surface area contributed by atoms with Crippen LogP contribution in [0.25, 0.3) is 0 Å². The molecule has 0 radical (unpaired) electrons. The maximum atomic E-state index is 11.8. The molecule has 19 heavy (non-hydrogen) atoms. The number of amides is 2. The summed E-state index contributed by atoms with van der Waals surface area (Å²) >= 11 is 0. The molecule has 0 fully saturated rings. The number of nitrogens with zero attached hydrogens (tertiary/aromatic N) is 1. The third kappa shape index (κ3) is 3.70. The second-order valence-corrected chi connectivity index (χ2v) is 3.62. The van der Waals surface area contributed by atoms with E-state index in [1.54, 1.807) is 12.1 Å². The first kappa shape index (κ1) is 14.5. The highest BCUT2D eigenvalue weighted by Gasteiger charge is 2.18. The number of para-hydroxylation sites is 1. The van der Waals surface area contributed by atoms with Crippen LogP contribution in [0.2, 0.25) is 0 Å². The molecule has 0 saturated heterocycles. The number of aromatic carboxylic acids is 1. The topological polar surface area (TPSA) is 95.9 Å². The number of carbonyl (C=O) groups is 3. The van der Waals surface area contributed by atoms with Gasteiger partial charge in [-0.2, -0.15) is 0 Å². The van der Waals surface area contributed by atoms with Gasteiger partial charge in [0.1, 0.15) is 6.54 Å².